The Hall–Kier alpha value is -0.950. The average Bonchev–Trinajstić information content (AvgIpc) is 2.79. The molecule has 1 aromatic rings. The second kappa shape index (κ2) is 5.14. The van der Waals surface area contributed by atoms with Crippen LogP contribution < -0.4 is 5.32 Å². The summed E-state index contributed by atoms with van der Waals surface area (Å²) in [5.74, 6) is 7.03. The van der Waals surface area contributed by atoms with Crippen molar-refractivity contribution < 1.29 is 10.4 Å². The molecule has 1 fully saturated rings. The smallest absolute Gasteiger partial charge is 0.159 e. The molecule has 1 atom stereocenters. The van der Waals surface area contributed by atoms with Gasteiger partial charge in [-0.2, -0.15) is 0 Å². The van der Waals surface area contributed by atoms with Gasteiger partial charge in [0.25, 0.3) is 0 Å². The summed E-state index contributed by atoms with van der Waals surface area (Å²) in [5, 5.41) is 12.4. The molecular weight excluding hydrogens is 230 g/mol. The molecule has 1 aliphatic rings. The maximum Gasteiger partial charge on any atom is 0.159 e. The molecular formula is C14H18NOS+. The van der Waals surface area contributed by atoms with Crippen LogP contribution in [0.4, 0.5) is 0 Å². The summed E-state index contributed by atoms with van der Waals surface area (Å²) in [7, 11) is 0. The van der Waals surface area contributed by atoms with Crippen molar-refractivity contribution in [2.75, 3.05) is 12.3 Å². The van der Waals surface area contributed by atoms with Crippen LogP contribution in [0.15, 0.2) is 24.3 Å². The van der Waals surface area contributed by atoms with Gasteiger partial charge in [-0.1, -0.05) is 35.7 Å². The summed E-state index contributed by atoms with van der Waals surface area (Å²) in [6.45, 7) is 4.59. The number of benzene rings is 1. The lowest BCUT2D eigenvalue weighted by Gasteiger charge is -2.07. The van der Waals surface area contributed by atoms with Gasteiger partial charge >= 0.3 is 0 Å². The molecule has 0 aliphatic carbocycles. The van der Waals surface area contributed by atoms with Crippen LogP contribution in [0, 0.1) is 11.8 Å². The van der Waals surface area contributed by atoms with Crippen molar-refractivity contribution in [3.8, 4) is 11.8 Å². The van der Waals surface area contributed by atoms with Gasteiger partial charge in [0.05, 0.1) is 6.54 Å². The molecule has 3 heteroatoms. The minimum Gasteiger partial charge on any atom is -0.378 e. The van der Waals surface area contributed by atoms with E-state index in [2.05, 4.69) is 29.3 Å². The molecule has 0 spiro atoms. The van der Waals surface area contributed by atoms with Crippen LogP contribution >= 0.6 is 11.8 Å². The van der Waals surface area contributed by atoms with Gasteiger partial charge in [0.1, 0.15) is 5.60 Å². The van der Waals surface area contributed by atoms with Crippen LogP contribution in [0.2, 0.25) is 0 Å². The van der Waals surface area contributed by atoms with Crippen LogP contribution in [0.1, 0.15) is 30.3 Å². The number of rotatable bonds is 1. The van der Waals surface area contributed by atoms with Crippen LogP contribution in [-0.4, -0.2) is 23.0 Å². The molecule has 1 aliphatic heterocycles. The van der Waals surface area contributed by atoms with Crippen molar-refractivity contribution in [1.82, 2.24) is 0 Å². The fourth-order valence-corrected chi connectivity index (χ4v) is 2.84. The zero-order valence-corrected chi connectivity index (χ0v) is 11.1. The summed E-state index contributed by atoms with van der Waals surface area (Å²) in [4.78, 5) is 0. The number of hydrogen-bond acceptors (Lipinski definition) is 2. The highest BCUT2D eigenvalue weighted by molar-refractivity contribution is 7.99. The number of nitrogens with two attached hydrogens (primary N) is 1. The zero-order valence-electron chi connectivity index (χ0n) is 10.2. The van der Waals surface area contributed by atoms with E-state index in [4.69, 9.17) is 0 Å². The molecule has 2 nitrogen and oxygen atoms in total. The van der Waals surface area contributed by atoms with Gasteiger partial charge in [0, 0.05) is 16.9 Å². The SMILES string of the molecule is CC(C)(O)C#Cc1ccc([C@H]2[NH2+]CCS2)cc1. The van der Waals surface area contributed by atoms with Crippen LogP contribution in [-0.2, 0) is 0 Å². The van der Waals surface area contributed by atoms with Crippen molar-refractivity contribution in [2.45, 2.75) is 24.8 Å². The van der Waals surface area contributed by atoms with E-state index in [9.17, 15) is 5.11 Å². The molecule has 1 heterocycles. The zero-order chi connectivity index (χ0) is 12.3. The van der Waals surface area contributed by atoms with Crippen LogP contribution in [0.5, 0.6) is 0 Å². The molecule has 90 valence electrons. The standard InChI is InChI=1S/C14H17NOS/c1-14(2,16)8-7-11-3-5-12(6-4-11)13-15-9-10-17-13/h3-6,13,15-16H,9-10H2,1-2H3/p+1/t13-/m0/s1. The second-order valence-electron chi connectivity index (χ2n) is 4.75. The fraction of sp³-hybridized carbons (Fsp3) is 0.429. The number of quaternary nitrogens is 1. The lowest BCUT2D eigenvalue weighted by molar-refractivity contribution is -0.663. The molecule has 0 aromatic heterocycles. The highest BCUT2D eigenvalue weighted by Crippen LogP contribution is 2.24. The molecule has 17 heavy (non-hydrogen) atoms. The van der Waals surface area contributed by atoms with Gasteiger partial charge in [-0.3, -0.25) is 0 Å². The van der Waals surface area contributed by atoms with Crippen molar-refractivity contribution in [2.24, 2.45) is 0 Å². The van der Waals surface area contributed by atoms with E-state index in [0.717, 1.165) is 5.56 Å². The maximum absolute atomic E-state index is 9.52. The van der Waals surface area contributed by atoms with Gasteiger partial charge in [-0.25, -0.2) is 0 Å². The fourth-order valence-electron chi connectivity index (χ4n) is 1.70. The van der Waals surface area contributed by atoms with E-state index in [1.165, 1.54) is 17.9 Å². The lowest BCUT2D eigenvalue weighted by Crippen LogP contribution is -2.81. The van der Waals surface area contributed by atoms with Crippen molar-refractivity contribution in [3.05, 3.63) is 35.4 Å². The summed E-state index contributed by atoms with van der Waals surface area (Å²) < 4.78 is 0. The summed E-state index contributed by atoms with van der Waals surface area (Å²) in [5.41, 5.74) is 1.38. The summed E-state index contributed by atoms with van der Waals surface area (Å²) in [6.07, 6.45) is 0. The van der Waals surface area contributed by atoms with E-state index in [0.29, 0.717) is 5.37 Å². The van der Waals surface area contributed by atoms with Crippen molar-refractivity contribution in [3.63, 3.8) is 0 Å². The van der Waals surface area contributed by atoms with Gasteiger partial charge in [0.2, 0.25) is 0 Å². The topological polar surface area (TPSA) is 36.8 Å². The Morgan fingerprint density at radius 1 is 1.35 bits per heavy atom. The van der Waals surface area contributed by atoms with E-state index in [1.54, 1.807) is 13.8 Å². The molecule has 3 N–H and O–H groups in total. The number of aliphatic hydroxyl groups is 1. The first-order valence-electron chi connectivity index (χ1n) is 5.85. The van der Waals surface area contributed by atoms with Gasteiger partial charge in [0.15, 0.2) is 5.37 Å². The average molecular weight is 248 g/mol. The first-order chi connectivity index (χ1) is 8.04. The van der Waals surface area contributed by atoms with Crippen molar-refractivity contribution in [1.29, 1.82) is 0 Å². The molecule has 0 unspecified atom stereocenters. The third-order valence-corrected chi connectivity index (χ3v) is 3.84. The Bertz CT molecular complexity index is 430. The van der Waals surface area contributed by atoms with Crippen LogP contribution in [0.3, 0.4) is 0 Å². The summed E-state index contributed by atoms with van der Waals surface area (Å²) >= 11 is 1.99. The lowest BCUT2D eigenvalue weighted by atomic mass is 10.1. The largest absolute Gasteiger partial charge is 0.378 e. The maximum atomic E-state index is 9.52. The first kappa shape index (κ1) is 12.5. The molecule has 2 rings (SSSR count). The second-order valence-corrected chi connectivity index (χ2v) is 6.00. The minimum atomic E-state index is -0.923. The quantitative estimate of drug-likeness (QED) is 0.731. The number of hydrogen-bond donors (Lipinski definition) is 2. The molecule has 1 saturated heterocycles. The predicted octanol–water partition coefficient (Wildman–Crippen LogP) is 1.12. The van der Waals surface area contributed by atoms with E-state index < -0.39 is 5.60 Å². The first-order valence-corrected chi connectivity index (χ1v) is 6.90. The van der Waals surface area contributed by atoms with E-state index >= 15 is 0 Å². The molecule has 0 amide bonds. The highest BCUT2D eigenvalue weighted by atomic mass is 32.2. The van der Waals surface area contributed by atoms with Crippen LogP contribution in [0.25, 0.3) is 0 Å². The Kier molecular flexibility index (Phi) is 3.78. The van der Waals surface area contributed by atoms with Crippen molar-refractivity contribution >= 4 is 11.8 Å². The molecule has 0 bridgehead atoms. The molecule has 0 saturated carbocycles. The summed E-state index contributed by atoms with van der Waals surface area (Å²) in [6, 6.07) is 8.32. The molecule has 0 radical (unpaired) electrons. The van der Waals surface area contributed by atoms with Gasteiger partial charge in [-0.15, -0.1) is 0 Å². The third kappa shape index (κ3) is 3.78. The van der Waals surface area contributed by atoms with Gasteiger partial charge in [-0.05, 0) is 26.0 Å². The monoisotopic (exact) mass is 248 g/mol. The minimum absolute atomic E-state index is 0.547. The normalized spacial score (nSPS) is 19.8. The predicted molar refractivity (Wildman–Crippen MR) is 71.6 cm³/mol. The number of thioether (sulfide) groups is 1. The Morgan fingerprint density at radius 2 is 2.06 bits per heavy atom. The van der Waals surface area contributed by atoms with E-state index in [-0.39, 0.29) is 0 Å². The third-order valence-electron chi connectivity index (χ3n) is 2.55. The highest BCUT2D eigenvalue weighted by Gasteiger charge is 2.20. The van der Waals surface area contributed by atoms with E-state index in [1.807, 2.05) is 23.9 Å². The molecule has 1 aromatic carbocycles. The van der Waals surface area contributed by atoms with Gasteiger partial charge < -0.3 is 10.4 Å². The Morgan fingerprint density at radius 3 is 2.59 bits per heavy atom. The Balaban J connectivity index is 2.09. The Labute approximate surface area is 107 Å².